The van der Waals surface area contributed by atoms with Crippen molar-refractivity contribution in [2.75, 3.05) is 26.2 Å². The van der Waals surface area contributed by atoms with Crippen molar-refractivity contribution in [1.82, 2.24) is 10.2 Å². The van der Waals surface area contributed by atoms with Crippen LogP contribution in [0.15, 0.2) is 24.3 Å². The van der Waals surface area contributed by atoms with Crippen LogP contribution in [0.4, 0.5) is 0 Å². The molecule has 0 bridgehead atoms. The summed E-state index contributed by atoms with van der Waals surface area (Å²) in [5.41, 5.74) is 1.27. The Morgan fingerprint density at radius 1 is 1.33 bits per heavy atom. The topological polar surface area (TPSA) is 15.3 Å². The minimum Gasteiger partial charge on any atom is -0.310 e. The second-order valence-electron chi connectivity index (χ2n) is 5.13. The molecule has 0 radical (unpaired) electrons. The molecule has 1 N–H and O–H groups in total. The van der Waals surface area contributed by atoms with Gasteiger partial charge in [0.25, 0.3) is 0 Å². The van der Waals surface area contributed by atoms with E-state index in [-0.39, 0.29) is 0 Å². The molecule has 1 atom stereocenters. The first-order valence-electron chi connectivity index (χ1n) is 6.97. The minimum absolute atomic E-state index is 0.377. The van der Waals surface area contributed by atoms with E-state index in [0.29, 0.717) is 6.04 Å². The van der Waals surface area contributed by atoms with Gasteiger partial charge in [-0.25, -0.2) is 0 Å². The predicted molar refractivity (Wildman–Crippen MR) is 78.2 cm³/mol. The predicted octanol–water partition coefficient (Wildman–Crippen LogP) is 3.48. The van der Waals surface area contributed by atoms with Gasteiger partial charge in [-0.15, -0.1) is 0 Å². The van der Waals surface area contributed by atoms with E-state index in [9.17, 15) is 0 Å². The Kier molecular flexibility index (Phi) is 5.48. The maximum atomic E-state index is 6.00. The summed E-state index contributed by atoms with van der Waals surface area (Å²) in [7, 11) is 0. The fourth-order valence-electron chi connectivity index (χ4n) is 2.52. The van der Waals surface area contributed by atoms with E-state index in [1.54, 1.807) is 0 Å². The van der Waals surface area contributed by atoms with Gasteiger partial charge in [0.1, 0.15) is 0 Å². The molecule has 0 spiro atoms. The third-order valence-electron chi connectivity index (χ3n) is 3.65. The van der Waals surface area contributed by atoms with Gasteiger partial charge < -0.3 is 10.2 Å². The molecular weight excluding hydrogens is 244 g/mol. The Hall–Kier alpha value is -0.570. The van der Waals surface area contributed by atoms with E-state index >= 15 is 0 Å². The molecule has 3 heteroatoms. The highest BCUT2D eigenvalue weighted by molar-refractivity contribution is 6.30. The second kappa shape index (κ2) is 7.13. The number of nitrogens with zero attached hydrogens (tertiary/aromatic N) is 1. The second-order valence-corrected chi connectivity index (χ2v) is 5.57. The maximum Gasteiger partial charge on any atom is 0.0409 e. The molecule has 18 heavy (non-hydrogen) atoms. The zero-order valence-electron chi connectivity index (χ0n) is 11.2. The van der Waals surface area contributed by atoms with E-state index in [2.05, 4.69) is 23.2 Å². The lowest BCUT2D eigenvalue weighted by Crippen LogP contribution is -2.26. The van der Waals surface area contributed by atoms with Crippen LogP contribution in [0.2, 0.25) is 5.02 Å². The molecule has 1 aliphatic rings. The molecule has 0 amide bonds. The Balaban J connectivity index is 1.66. The molecule has 0 saturated carbocycles. The molecule has 0 aliphatic carbocycles. The van der Waals surface area contributed by atoms with Crippen LogP contribution in [0.5, 0.6) is 0 Å². The van der Waals surface area contributed by atoms with Crippen molar-refractivity contribution in [2.45, 2.75) is 32.2 Å². The number of likely N-dealkylation sites (tertiary alicyclic amines) is 1. The third kappa shape index (κ3) is 4.27. The van der Waals surface area contributed by atoms with E-state index < -0.39 is 0 Å². The molecule has 2 nitrogen and oxygen atoms in total. The molecule has 1 heterocycles. The van der Waals surface area contributed by atoms with Crippen LogP contribution in [0.3, 0.4) is 0 Å². The first kappa shape index (κ1) is 13.9. The van der Waals surface area contributed by atoms with Gasteiger partial charge in [-0.1, -0.05) is 23.7 Å². The van der Waals surface area contributed by atoms with Crippen molar-refractivity contribution in [3.63, 3.8) is 0 Å². The molecule has 0 unspecified atom stereocenters. The summed E-state index contributed by atoms with van der Waals surface area (Å²) in [4.78, 5) is 2.56. The SMILES string of the molecule is C[C@H](NCCCN1CCCC1)c1cccc(Cl)c1. The fraction of sp³-hybridized carbons (Fsp3) is 0.600. The molecular formula is C15H23ClN2. The molecule has 1 saturated heterocycles. The van der Waals surface area contributed by atoms with Crippen molar-refractivity contribution in [1.29, 1.82) is 0 Å². The molecule has 1 aromatic carbocycles. The standard InChI is InChI=1S/C15H23ClN2/c1-13(14-6-4-7-15(16)12-14)17-8-5-11-18-9-2-3-10-18/h4,6-7,12-13,17H,2-3,5,8-11H2,1H3/t13-/m0/s1. The van der Waals surface area contributed by atoms with Gasteiger partial charge in [-0.05, 0) is 70.1 Å². The maximum absolute atomic E-state index is 6.00. The van der Waals surface area contributed by atoms with Crippen molar-refractivity contribution < 1.29 is 0 Å². The molecule has 2 rings (SSSR count). The Morgan fingerprint density at radius 2 is 2.11 bits per heavy atom. The minimum atomic E-state index is 0.377. The normalized spacial score (nSPS) is 18.1. The van der Waals surface area contributed by atoms with E-state index in [1.807, 2.05) is 18.2 Å². The summed E-state index contributed by atoms with van der Waals surface area (Å²) in [5, 5.41) is 4.38. The number of benzene rings is 1. The Labute approximate surface area is 115 Å². The lowest BCUT2D eigenvalue weighted by atomic mass is 10.1. The highest BCUT2D eigenvalue weighted by Gasteiger charge is 2.10. The van der Waals surface area contributed by atoms with E-state index in [1.165, 1.54) is 44.5 Å². The van der Waals surface area contributed by atoms with Gasteiger partial charge in [-0.2, -0.15) is 0 Å². The van der Waals surface area contributed by atoms with Gasteiger partial charge in [0.05, 0.1) is 0 Å². The van der Waals surface area contributed by atoms with Crippen molar-refractivity contribution in [3.8, 4) is 0 Å². The van der Waals surface area contributed by atoms with E-state index in [0.717, 1.165) is 11.6 Å². The summed E-state index contributed by atoms with van der Waals surface area (Å²) < 4.78 is 0. The van der Waals surface area contributed by atoms with Crippen LogP contribution < -0.4 is 5.32 Å². The zero-order chi connectivity index (χ0) is 12.8. The smallest absolute Gasteiger partial charge is 0.0409 e. The summed E-state index contributed by atoms with van der Waals surface area (Å²) in [6.07, 6.45) is 3.99. The summed E-state index contributed by atoms with van der Waals surface area (Å²) in [6, 6.07) is 8.48. The largest absolute Gasteiger partial charge is 0.310 e. The molecule has 1 aromatic rings. The van der Waals surface area contributed by atoms with Gasteiger partial charge >= 0.3 is 0 Å². The highest BCUT2D eigenvalue weighted by atomic mass is 35.5. The average Bonchev–Trinajstić information content (AvgIpc) is 2.87. The lowest BCUT2D eigenvalue weighted by Gasteiger charge is -2.17. The molecule has 0 aromatic heterocycles. The summed E-state index contributed by atoms with van der Waals surface area (Å²) in [5.74, 6) is 0. The highest BCUT2D eigenvalue weighted by Crippen LogP contribution is 2.17. The van der Waals surface area contributed by atoms with Gasteiger partial charge in [0, 0.05) is 11.1 Å². The number of hydrogen-bond acceptors (Lipinski definition) is 2. The zero-order valence-corrected chi connectivity index (χ0v) is 11.9. The van der Waals surface area contributed by atoms with E-state index in [4.69, 9.17) is 11.6 Å². The van der Waals surface area contributed by atoms with Crippen molar-refractivity contribution >= 4 is 11.6 Å². The van der Waals surface area contributed by atoms with Crippen LogP contribution in [-0.2, 0) is 0 Å². The van der Waals surface area contributed by atoms with Crippen LogP contribution in [0.25, 0.3) is 0 Å². The first-order chi connectivity index (χ1) is 8.75. The number of rotatable bonds is 6. The van der Waals surface area contributed by atoms with Crippen LogP contribution in [0, 0.1) is 0 Å². The fourth-order valence-corrected chi connectivity index (χ4v) is 2.72. The van der Waals surface area contributed by atoms with Crippen molar-refractivity contribution in [3.05, 3.63) is 34.9 Å². The monoisotopic (exact) mass is 266 g/mol. The molecule has 1 aliphatic heterocycles. The lowest BCUT2D eigenvalue weighted by molar-refractivity contribution is 0.328. The van der Waals surface area contributed by atoms with Crippen LogP contribution in [-0.4, -0.2) is 31.1 Å². The number of hydrogen-bond donors (Lipinski definition) is 1. The molecule has 100 valence electrons. The van der Waals surface area contributed by atoms with Gasteiger partial charge in [0.15, 0.2) is 0 Å². The van der Waals surface area contributed by atoms with Gasteiger partial charge in [-0.3, -0.25) is 0 Å². The quantitative estimate of drug-likeness (QED) is 0.793. The van der Waals surface area contributed by atoms with Crippen molar-refractivity contribution in [2.24, 2.45) is 0 Å². The van der Waals surface area contributed by atoms with Gasteiger partial charge in [0.2, 0.25) is 0 Å². The number of nitrogens with one attached hydrogen (secondary N) is 1. The Bertz CT molecular complexity index is 361. The molecule has 1 fully saturated rings. The third-order valence-corrected chi connectivity index (χ3v) is 3.88. The van der Waals surface area contributed by atoms with Crippen LogP contribution >= 0.6 is 11.6 Å². The summed E-state index contributed by atoms with van der Waals surface area (Å²) >= 11 is 6.00. The number of halogens is 1. The average molecular weight is 267 g/mol. The van der Waals surface area contributed by atoms with Crippen LogP contribution in [0.1, 0.15) is 37.8 Å². The first-order valence-corrected chi connectivity index (χ1v) is 7.35. The Morgan fingerprint density at radius 3 is 2.83 bits per heavy atom. The summed E-state index contributed by atoms with van der Waals surface area (Å²) in [6.45, 7) is 7.09.